The van der Waals surface area contributed by atoms with E-state index in [2.05, 4.69) is 16.1 Å². The molecule has 8 nitrogen and oxygen atoms in total. The lowest BCUT2D eigenvalue weighted by Gasteiger charge is -2.39. The Bertz CT molecular complexity index is 1290. The number of amides is 2. The fourth-order valence-electron chi connectivity index (χ4n) is 4.89. The summed E-state index contributed by atoms with van der Waals surface area (Å²) in [7, 11) is 0. The molecule has 1 unspecified atom stereocenters. The van der Waals surface area contributed by atoms with Gasteiger partial charge >= 0.3 is 5.91 Å². The minimum atomic E-state index is -0.531. The lowest BCUT2D eigenvalue weighted by Crippen LogP contribution is -2.94. The molecular weight excluding hydrogens is 518 g/mol. The molecule has 0 spiro atoms. The Hall–Kier alpha value is -3.27. The van der Waals surface area contributed by atoms with Crippen LogP contribution in [0.3, 0.4) is 0 Å². The van der Waals surface area contributed by atoms with Crippen LogP contribution in [0.5, 0.6) is 0 Å². The van der Waals surface area contributed by atoms with Crippen molar-refractivity contribution < 1.29 is 19.4 Å². The molecule has 1 fully saturated rings. The van der Waals surface area contributed by atoms with Crippen LogP contribution >= 0.6 is 23.2 Å². The zero-order chi connectivity index (χ0) is 26.1. The highest BCUT2D eigenvalue weighted by atomic mass is 35.5. The second-order valence-corrected chi connectivity index (χ2v) is 10.0. The van der Waals surface area contributed by atoms with Crippen molar-refractivity contribution in [2.45, 2.75) is 25.8 Å². The van der Waals surface area contributed by atoms with Gasteiger partial charge in [0.05, 0.1) is 16.8 Å². The number of hydrogen-bond donors (Lipinski definition) is 4. The van der Waals surface area contributed by atoms with E-state index in [0.29, 0.717) is 40.6 Å². The van der Waals surface area contributed by atoms with Gasteiger partial charge in [-0.15, -0.1) is 0 Å². The van der Waals surface area contributed by atoms with Crippen LogP contribution in [-0.2, 0) is 4.79 Å². The normalized spacial score (nSPS) is 18.0. The number of halogens is 3. The molecule has 1 saturated heterocycles. The van der Waals surface area contributed by atoms with Crippen molar-refractivity contribution in [2.24, 2.45) is 0 Å². The molecule has 2 aromatic rings. The topological polar surface area (TPSA) is 93.3 Å². The summed E-state index contributed by atoms with van der Waals surface area (Å²) in [6, 6.07) is 9.32. The van der Waals surface area contributed by atoms with Gasteiger partial charge in [-0.3, -0.25) is 9.59 Å². The van der Waals surface area contributed by atoms with Gasteiger partial charge < -0.3 is 20.4 Å². The molecule has 1 atom stereocenters. The standard InChI is InChI=1S/C26H27Cl2FN6O2/c1-15(22-18(27)8-9-19(29)23(22)28)35-13-10-30-24-21(35)14-20(32-33-24)25(36)31-17-6-4-16(5-7-17)26(37)34-11-2-3-12-34/h4-9,14-15,30,32-33H,2-3,10-13H2,1H3,(H,31,36)/p+1. The first kappa shape index (κ1) is 25.4. The van der Waals surface area contributed by atoms with Gasteiger partial charge in [0.1, 0.15) is 5.82 Å². The van der Waals surface area contributed by atoms with Gasteiger partial charge in [0.25, 0.3) is 5.91 Å². The zero-order valence-corrected chi connectivity index (χ0v) is 21.8. The van der Waals surface area contributed by atoms with E-state index >= 15 is 0 Å². The van der Waals surface area contributed by atoms with Gasteiger partial charge in [-0.05, 0) is 56.2 Å². The van der Waals surface area contributed by atoms with Gasteiger partial charge in [-0.25, -0.2) is 15.2 Å². The van der Waals surface area contributed by atoms with Crippen LogP contribution in [0.2, 0.25) is 10.0 Å². The van der Waals surface area contributed by atoms with Crippen molar-refractivity contribution in [3.05, 3.63) is 86.7 Å². The summed E-state index contributed by atoms with van der Waals surface area (Å²) in [6.07, 6.45) is 3.84. The summed E-state index contributed by atoms with van der Waals surface area (Å²) in [4.78, 5) is 29.5. The van der Waals surface area contributed by atoms with E-state index < -0.39 is 5.82 Å². The molecule has 0 aliphatic carbocycles. The molecule has 2 aromatic carbocycles. The van der Waals surface area contributed by atoms with Crippen LogP contribution in [0.4, 0.5) is 10.1 Å². The minimum absolute atomic E-state index is 0.00961. The van der Waals surface area contributed by atoms with Crippen LogP contribution in [-0.4, -0.2) is 47.8 Å². The number of carbonyl (C=O) groups is 2. The number of nitrogens with two attached hydrogens (primary N) is 1. The Balaban J connectivity index is 1.33. The molecule has 37 heavy (non-hydrogen) atoms. The average molecular weight is 546 g/mol. The Kier molecular flexibility index (Phi) is 7.28. The number of anilines is 1. The van der Waals surface area contributed by atoms with Crippen LogP contribution < -0.4 is 21.5 Å². The Morgan fingerprint density at radius 3 is 2.54 bits per heavy atom. The number of rotatable bonds is 5. The highest BCUT2D eigenvalue weighted by Gasteiger charge is 2.32. The SMILES string of the molecule is CC(c1c(Cl)ccc(F)c1Cl)N1CCNC2=C1C=C(C(=O)Nc1ccc(C(=O)N3CCCC3)cc1)[NH2+]N2. The lowest BCUT2D eigenvalue weighted by molar-refractivity contribution is -0.655. The fraction of sp³-hybridized carbons (Fsp3) is 0.308. The average Bonchev–Trinajstić information content (AvgIpc) is 3.45. The van der Waals surface area contributed by atoms with E-state index in [9.17, 15) is 14.0 Å². The van der Waals surface area contributed by atoms with Crippen LogP contribution in [0.15, 0.2) is 59.7 Å². The molecule has 0 bridgehead atoms. The number of quaternary nitrogens is 1. The first-order chi connectivity index (χ1) is 17.8. The smallest absolute Gasteiger partial charge is 0.312 e. The summed E-state index contributed by atoms with van der Waals surface area (Å²) in [6.45, 7) is 4.72. The van der Waals surface area contributed by atoms with Crippen molar-refractivity contribution in [1.82, 2.24) is 20.5 Å². The molecule has 0 radical (unpaired) electrons. The maximum atomic E-state index is 14.2. The fourth-order valence-corrected chi connectivity index (χ4v) is 5.58. The summed E-state index contributed by atoms with van der Waals surface area (Å²) >= 11 is 12.7. The quantitative estimate of drug-likeness (QED) is 0.342. The molecule has 0 saturated carbocycles. The Labute approximate surface area is 224 Å². The van der Waals surface area contributed by atoms with Gasteiger partial charge in [-0.2, -0.15) is 0 Å². The van der Waals surface area contributed by atoms with E-state index in [1.807, 2.05) is 16.7 Å². The molecule has 11 heteroatoms. The molecule has 3 aliphatic rings. The predicted molar refractivity (Wildman–Crippen MR) is 140 cm³/mol. The molecule has 2 amide bonds. The summed E-state index contributed by atoms with van der Waals surface area (Å²) in [5.74, 6) is -0.0864. The van der Waals surface area contributed by atoms with Crippen LogP contribution in [0, 0.1) is 5.82 Å². The number of hydrogen-bond acceptors (Lipinski definition) is 5. The third kappa shape index (κ3) is 5.12. The van der Waals surface area contributed by atoms with E-state index in [-0.39, 0.29) is 22.9 Å². The first-order valence-corrected chi connectivity index (χ1v) is 13.0. The predicted octanol–water partition coefficient (Wildman–Crippen LogP) is 3.11. The molecule has 194 valence electrons. The maximum Gasteiger partial charge on any atom is 0.312 e. The van der Waals surface area contributed by atoms with Crippen molar-refractivity contribution >= 4 is 40.7 Å². The van der Waals surface area contributed by atoms with E-state index in [1.165, 1.54) is 12.1 Å². The number of nitrogens with zero attached hydrogens (tertiary/aromatic N) is 2. The van der Waals surface area contributed by atoms with Crippen molar-refractivity contribution in [2.75, 3.05) is 31.5 Å². The second kappa shape index (κ2) is 10.6. The number of allylic oxidation sites excluding steroid dienone is 1. The number of nitrogens with one attached hydrogen (secondary N) is 3. The third-order valence-corrected chi connectivity index (χ3v) is 7.61. The van der Waals surface area contributed by atoms with Gasteiger partial charge in [-0.1, -0.05) is 23.2 Å². The summed E-state index contributed by atoms with van der Waals surface area (Å²) in [5.41, 5.74) is 7.62. The Morgan fingerprint density at radius 1 is 1.08 bits per heavy atom. The van der Waals surface area contributed by atoms with E-state index in [0.717, 1.165) is 37.4 Å². The summed E-state index contributed by atoms with van der Waals surface area (Å²) in [5, 5.41) is 6.55. The molecule has 5 rings (SSSR count). The highest BCUT2D eigenvalue weighted by molar-refractivity contribution is 6.36. The Morgan fingerprint density at radius 2 is 1.81 bits per heavy atom. The molecular formula is C26H28Cl2FN6O2+. The molecule has 5 N–H and O–H groups in total. The molecule has 0 aromatic heterocycles. The van der Waals surface area contributed by atoms with Crippen molar-refractivity contribution in [1.29, 1.82) is 0 Å². The summed E-state index contributed by atoms with van der Waals surface area (Å²) < 4.78 is 14.2. The highest BCUT2D eigenvalue weighted by Crippen LogP contribution is 2.37. The first-order valence-electron chi connectivity index (χ1n) is 12.2. The van der Waals surface area contributed by atoms with Crippen molar-refractivity contribution in [3.8, 4) is 0 Å². The van der Waals surface area contributed by atoms with Crippen LogP contribution in [0.25, 0.3) is 0 Å². The third-order valence-electron chi connectivity index (χ3n) is 6.89. The largest absolute Gasteiger partial charge is 0.364 e. The minimum Gasteiger partial charge on any atom is -0.364 e. The van der Waals surface area contributed by atoms with Gasteiger partial charge in [0.2, 0.25) is 5.70 Å². The maximum absolute atomic E-state index is 14.2. The van der Waals surface area contributed by atoms with E-state index in [4.69, 9.17) is 23.2 Å². The number of carbonyl (C=O) groups excluding carboxylic acids is 2. The number of benzene rings is 2. The van der Waals surface area contributed by atoms with Crippen molar-refractivity contribution in [3.63, 3.8) is 0 Å². The van der Waals surface area contributed by atoms with Gasteiger partial charge in [0.15, 0.2) is 5.82 Å². The lowest BCUT2D eigenvalue weighted by atomic mass is 10.0. The number of likely N-dealkylation sites (tertiary alicyclic amines) is 1. The van der Waals surface area contributed by atoms with Crippen LogP contribution in [0.1, 0.15) is 41.7 Å². The molecule has 3 aliphatic heterocycles. The second-order valence-electron chi connectivity index (χ2n) is 9.23. The monoisotopic (exact) mass is 545 g/mol. The van der Waals surface area contributed by atoms with Gasteiger partial charge in [0, 0.05) is 54.1 Å². The molecule has 3 heterocycles. The van der Waals surface area contributed by atoms with E-state index in [1.54, 1.807) is 35.8 Å². The zero-order valence-electron chi connectivity index (χ0n) is 20.3.